The normalized spacial score (nSPS) is 19.8. The first-order chi connectivity index (χ1) is 13.2. The second kappa shape index (κ2) is 9.80. The van der Waals surface area contributed by atoms with Gasteiger partial charge in [-0.25, -0.2) is 10.0 Å². The number of hydrazine groups is 1. The van der Waals surface area contributed by atoms with Gasteiger partial charge in [0.1, 0.15) is 6.54 Å². The van der Waals surface area contributed by atoms with Crippen LogP contribution in [0.3, 0.4) is 0 Å². The number of piperazine rings is 1. The van der Waals surface area contributed by atoms with Crippen molar-refractivity contribution in [2.75, 3.05) is 58.2 Å². The van der Waals surface area contributed by atoms with Gasteiger partial charge in [-0.3, -0.25) is 14.5 Å². The molecule has 27 heavy (non-hydrogen) atoms. The van der Waals surface area contributed by atoms with Gasteiger partial charge >= 0.3 is 5.97 Å². The molecule has 2 aliphatic rings. The van der Waals surface area contributed by atoms with E-state index in [1.807, 2.05) is 12.1 Å². The quantitative estimate of drug-likeness (QED) is 0.405. The number of anilines is 1. The van der Waals surface area contributed by atoms with Gasteiger partial charge in [0.05, 0.1) is 5.69 Å². The second-order valence-electron chi connectivity index (χ2n) is 7.02. The van der Waals surface area contributed by atoms with E-state index in [4.69, 9.17) is 4.74 Å². The van der Waals surface area contributed by atoms with E-state index in [2.05, 4.69) is 20.5 Å². The Morgan fingerprint density at radius 3 is 2.67 bits per heavy atom. The lowest BCUT2D eigenvalue weighted by Gasteiger charge is -2.43. The van der Waals surface area contributed by atoms with Crippen molar-refractivity contribution in [1.82, 2.24) is 20.2 Å². The maximum atomic E-state index is 12.3. The van der Waals surface area contributed by atoms with Gasteiger partial charge in [0, 0.05) is 39.3 Å². The highest BCUT2D eigenvalue weighted by atomic mass is 16.5. The predicted octanol–water partition coefficient (Wildman–Crippen LogP) is 0.377. The van der Waals surface area contributed by atoms with Crippen LogP contribution in [0.1, 0.15) is 12.8 Å². The number of ether oxygens (including phenoxy) is 1. The molecular weight excluding hydrogens is 346 g/mol. The van der Waals surface area contributed by atoms with Crippen LogP contribution < -0.4 is 15.4 Å². The summed E-state index contributed by atoms with van der Waals surface area (Å²) in [6.07, 6.45) is 3.01. The number of amides is 1. The van der Waals surface area contributed by atoms with E-state index in [0.29, 0.717) is 23.9 Å². The van der Waals surface area contributed by atoms with E-state index in [1.165, 1.54) is 12.8 Å². The SMILES string of the molecule is CN(CC(=O)Oc1ccccc1NC=O)N1CCN(C2CCNCC2)CC1. The molecule has 2 fully saturated rings. The highest BCUT2D eigenvalue weighted by molar-refractivity contribution is 5.80. The Kier molecular flexibility index (Phi) is 7.17. The summed E-state index contributed by atoms with van der Waals surface area (Å²) >= 11 is 0. The fraction of sp³-hybridized carbons (Fsp3) is 0.579. The van der Waals surface area contributed by atoms with Crippen molar-refractivity contribution in [3.8, 4) is 5.75 Å². The van der Waals surface area contributed by atoms with Gasteiger partial charge in [0.2, 0.25) is 6.41 Å². The minimum absolute atomic E-state index is 0.169. The van der Waals surface area contributed by atoms with E-state index in [9.17, 15) is 9.59 Å². The zero-order chi connectivity index (χ0) is 19.1. The molecule has 2 heterocycles. The lowest BCUT2D eigenvalue weighted by atomic mass is 10.0. The Labute approximate surface area is 160 Å². The molecule has 0 radical (unpaired) electrons. The molecule has 0 atom stereocenters. The summed E-state index contributed by atoms with van der Waals surface area (Å²) in [5, 5.41) is 10.1. The topological polar surface area (TPSA) is 77.2 Å². The molecule has 0 unspecified atom stereocenters. The first kappa shape index (κ1) is 19.8. The van der Waals surface area contributed by atoms with Crippen LogP contribution in [0.5, 0.6) is 5.75 Å². The number of likely N-dealkylation sites (N-methyl/N-ethyl adjacent to an activating group) is 1. The van der Waals surface area contributed by atoms with Crippen LogP contribution in [0.2, 0.25) is 0 Å². The van der Waals surface area contributed by atoms with E-state index in [0.717, 1.165) is 39.3 Å². The van der Waals surface area contributed by atoms with Crippen molar-refractivity contribution < 1.29 is 14.3 Å². The summed E-state index contributed by atoms with van der Waals surface area (Å²) in [4.78, 5) is 25.5. The summed E-state index contributed by atoms with van der Waals surface area (Å²) in [5.41, 5.74) is 0.485. The van der Waals surface area contributed by atoms with Crippen molar-refractivity contribution in [3.05, 3.63) is 24.3 Å². The van der Waals surface area contributed by atoms with Crippen LogP contribution in [0, 0.1) is 0 Å². The summed E-state index contributed by atoms with van der Waals surface area (Å²) in [6.45, 7) is 6.26. The van der Waals surface area contributed by atoms with E-state index in [1.54, 1.807) is 24.3 Å². The molecule has 148 valence electrons. The molecule has 2 saturated heterocycles. The zero-order valence-corrected chi connectivity index (χ0v) is 15.9. The Hall–Kier alpha value is -2.00. The number of nitrogens with one attached hydrogen (secondary N) is 2. The molecule has 0 aliphatic carbocycles. The average molecular weight is 375 g/mol. The standard InChI is InChI=1S/C19H29N5O3/c1-22(14-19(26)27-18-5-3-2-4-17(18)21-15-25)24-12-10-23(11-13-24)16-6-8-20-9-7-16/h2-5,15-16,20H,6-14H2,1H3,(H,21,25). The van der Waals surface area contributed by atoms with E-state index >= 15 is 0 Å². The van der Waals surface area contributed by atoms with Crippen LogP contribution >= 0.6 is 0 Å². The highest BCUT2D eigenvalue weighted by Crippen LogP contribution is 2.23. The van der Waals surface area contributed by atoms with E-state index < -0.39 is 0 Å². The minimum Gasteiger partial charge on any atom is -0.423 e. The molecule has 0 aromatic heterocycles. The number of carbonyl (C=O) groups excluding carboxylic acids is 2. The number of para-hydroxylation sites is 2. The number of rotatable bonds is 7. The zero-order valence-electron chi connectivity index (χ0n) is 15.9. The molecule has 0 bridgehead atoms. The molecule has 0 spiro atoms. The Bertz CT molecular complexity index is 628. The first-order valence-corrected chi connectivity index (χ1v) is 9.58. The Morgan fingerprint density at radius 1 is 1.26 bits per heavy atom. The largest absolute Gasteiger partial charge is 0.423 e. The number of carbonyl (C=O) groups is 2. The molecular formula is C19H29N5O3. The fourth-order valence-electron chi connectivity index (χ4n) is 3.77. The third-order valence-corrected chi connectivity index (χ3v) is 5.28. The number of benzene rings is 1. The van der Waals surface area contributed by atoms with Gasteiger partial charge < -0.3 is 15.4 Å². The summed E-state index contributed by atoms with van der Waals surface area (Å²) in [5.74, 6) is 0.0113. The van der Waals surface area contributed by atoms with Gasteiger partial charge in [-0.1, -0.05) is 12.1 Å². The number of esters is 1. The molecule has 2 aliphatic heterocycles. The Balaban J connectivity index is 1.45. The summed E-state index contributed by atoms with van der Waals surface area (Å²) in [6, 6.07) is 7.59. The fourth-order valence-corrected chi connectivity index (χ4v) is 3.77. The van der Waals surface area contributed by atoms with Crippen molar-refractivity contribution in [2.45, 2.75) is 18.9 Å². The van der Waals surface area contributed by atoms with Crippen LogP contribution in [0.25, 0.3) is 0 Å². The number of hydrogen-bond donors (Lipinski definition) is 2. The van der Waals surface area contributed by atoms with Crippen LogP contribution in [0.4, 0.5) is 5.69 Å². The number of hydrogen-bond acceptors (Lipinski definition) is 7. The third-order valence-electron chi connectivity index (χ3n) is 5.28. The minimum atomic E-state index is -0.349. The van der Waals surface area contributed by atoms with Crippen LogP contribution in [-0.4, -0.2) is 86.2 Å². The molecule has 1 aromatic rings. The van der Waals surface area contributed by atoms with Gasteiger partial charge in [0.15, 0.2) is 5.75 Å². The monoisotopic (exact) mass is 375 g/mol. The molecule has 8 nitrogen and oxygen atoms in total. The second-order valence-corrected chi connectivity index (χ2v) is 7.02. The van der Waals surface area contributed by atoms with Crippen LogP contribution in [-0.2, 0) is 9.59 Å². The van der Waals surface area contributed by atoms with Crippen LogP contribution in [0.15, 0.2) is 24.3 Å². The van der Waals surface area contributed by atoms with Crippen molar-refractivity contribution >= 4 is 18.1 Å². The number of nitrogens with zero attached hydrogens (tertiary/aromatic N) is 3. The van der Waals surface area contributed by atoms with Crippen molar-refractivity contribution in [3.63, 3.8) is 0 Å². The average Bonchev–Trinajstić information content (AvgIpc) is 2.70. The van der Waals surface area contributed by atoms with Crippen molar-refractivity contribution in [2.24, 2.45) is 0 Å². The van der Waals surface area contributed by atoms with Gasteiger partial charge in [0.25, 0.3) is 0 Å². The Morgan fingerprint density at radius 2 is 1.96 bits per heavy atom. The third kappa shape index (κ3) is 5.49. The lowest BCUT2D eigenvalue weighted by molar-refractivity contribution is -0.141. The summed E-state index contributed by atoms with van der Waals surface area (Å²) < 4.78 is 5.43. The number of piperidine rings is 1. The van der Waals surface area contributed by atoms with Gasteiger partial charge in [-0.2, -0.15) is 0 Å². The maximum Gasteiger partial charge on any atom is 0.327 e. The molecule has 1 amide bonds. The lowest BCUT2D eigenvalue weighted by Crippen LogP contribution is -2.57. The predicted molar refractivity (Wildman–Crippen MR) is 103 cm³/mol. The first-order valence-electron chi connectivity index (χ1n) is 9.58. The smallest absolute Gasteiger partial charge is 0.327 e. The van der Waals surface area contributed by atoms with Gasteiger partial charge in [-0.05, 0) is 38.1 Å². The molecule has 2 N–H and O–H groups in total. The van der Waals surface area contributed by atoms with Crippen molar-refractivity contribution in [1.29, 1.82) is 0 Å². The molecule has 8 heteroatoms. The highest BCUT2D eigenvalue weighted by Gasteiger charge is 2.27. The van der Waals surface area contributed by atoms with E-state index in [-0.39, 0.29) is 12.5 Å². The molecule has 3 rings (SSSR count). The summed E-state index contributed by atoms with van der Waals surface area (Å²) in [7, 11) is 1.91. The molecule has 1 aromatic carbocycles. The van der Waals surface area contributed by atoms with Gasteiger partial charge in [-0.15, -0.1) is 0 Å². The maximum absolute atomic E-state index is 12.3. The molecule has 0 saturated carbocycles.